The van der Waals surface area contributed by atoms with Crippen molar-refractivity contribution in [1.29, 1.82) is 0 Å². The minimum absolute atomic E-state index is 0.314. The molecule has 0 atom stereocenters. The lowest BCUT2D eigenvalue weighted by Gasteiger charge is -1.93. The van der Waals surface area contributed by atoms with Crippen LogP contribution in [0, 0.1) is 0 Å². The molecule has 17 heavy (non-hydrogen) atoms. The van der Waals surface area contributed by atoms with E-state index < -0.39 is 5.97 Å². The van der Waals surface area contributed by atoms with Gasteiger partial charge in [-0.1, -0.05) is 6.07 Å². The number of aromatic amines is 1. The molecule has 0 spiro atoms. The quantitative estimate of drug-likeness (QED) is 0.722. The molecule has 0 aliphatic heterocycles. The molecule has 0 saturated heterocycles. The molecule has 3 nitrogen and oxygen atoms in total. The number of aromatic carboxylic acids is 1. The molecule has 2 aromatic heterocycles. The third-order valence-electron chi connectivity index (χ3n) is 2.65. The Morgan fingerprint density at radius 3 is 2.82 bits per heavy atom. The smallest absolute Gasteiger partial charge is 0.335 e. The predicted octanol–water partition coefficient (Wildman–Crippen LogP) is 3.59. The lowest BCUT2D eigenvalue weighted by atomic mass is 10.1. The molecule has 3 aromatic rings. The van der Waals surface area contributed by atoms with E-state index in [4.69, 9.17) is 5.11 Å². The Morgan fingerprint density at radius 1 is 1.24 bits per heavy atom. The van der Waals surface area contributed by atoms with E-state index in [1.54, 1.807) is 29.5 Å². The molecule has 0 unspecified atom stereocenters. The van der Waals surface area contributed by atoms with Crippen molar-refractivity contribution in [2.45, 2.75) is 0 Å². The fourth-order valence-corrected chi connectivity index (χ4v) is 2.53. The van der Waals surface area contributed by atoms with Crippen LogP contribution in [-0.4, -0.2) is 16.1 Å². The largest absolute Gasteiger partial charge is 0.478 e. The number of aromatic nitrogens is 1. The number of fused-ring (bicyclic) bond motifs is 1. The van der Waals surface area contributed by atoms with Gasteiger partial charge in [0.05, 0.1) is 16.1 Å². The second kappa shape index (κ2) is 3.75. The molecule has 0 saturated carbocycles. The van der Waals surface area contributed by atoms with Gasteiger partial charge in [0.15, 0.2) is 0 Å². The average molecular weight is 243 g/mol. The Kier molecular flexibility index (Phi) is 2.23. The standard InChI is InChI=1S/C13H9NO2S/c15-13(16)8-3-4-10-9(6-8)7-11(14-10)12-2-1-5-17-12/h1-7,14H,(H,15,16). The molecule has 3 rings (SSSR count). The van der Waals surface area contributed by atoms with Crippen molar-refractivity contribution in [3.05, 3.63) is 47.3 Å². The fourth-order valence-electron chi connectivity index (χ4n) is 1.83. The van der Waals surface area contributed by atoms with E-state index >= 15 is 0 Å². The second-order valence-corrected chi connectivity index (χ2v) is 4.72. The van der Waals surface area contributed by atoms with E-state index in [2.05, 4.69) is 4.98 Å². The molecular weight excluding hydrogens is 234 g/mol. The number of carboxylic acids is 1. The first-order valence-corrected chi connectivity index (χ1v) is 6.02. The third-order valence-corrected chi connectivity index (χ3v) is 3.56. The Balaban J connectivity index is 2.16. The van der Waals surface area contributed by atoms with Gasteiger partial charge >= 0.3 is 5.97 Å². The normalized spacial score (nSPS) is 10.8. The lowest BCUT2D eigenvalue weighted by molar-refractivity contribution is 0.0697. The molecule has 2 N–H and O–H groups in total. The van der Waals surface area contributed by atoms with Crippen LogP contribution in [0.15, 0.2) is 41.8 Å². The van der Waals surface area contributed by atoms with E-state index in [0.29, 0.717) is 5.56 Å². The van der Waals surface area contributed by atoms with Crippen LogP contribution in [0.2, 0.25) is 0 Å². The molecule has 0 fully saturated rings. The first kappa shape index (κ1) is 10.1. The summed E-state index contributed by atoms with van der Waals surface area (Å²) in [6, 6.07) is 11.1. The summed E-state index contributed by atoms with van der Waals surface area (Å²) in [6.45, 7) is 0. The van der Waals surface area contributed by atoms with Crippen LogP contribution in [0.25, 0.3) is 21.5 Å². The summed E-state index contributed by atoms with van der Waals surface area (Å²) in [5, 5.41) is 11.9. The zero-order valence-corrected chi connectivity index (χ0v) is 9.62. The molecule has 0 amide bonds. The van der Waals surface area contributed by atoms with Crippen molar-refractivity contribution in [3.63, 3.8) is 0 Å². The van der Waals surface area contributed by atoms with Gasteiger partial charge in [-0.15, -0.1) is 11.3 Å². The number of carbonyl (C=O) groups is 1. The van der Waals surface area contributed by atoms with Gasteiger partial charge in [0, 0.05) is 10.9 Å². The summed E-state index contributed by atoms with van der Waals surface area (Å²) in [4.78, 5) is 15.3. The van der Waals surface area contributed by atoms with E-state index in [-0.39, 0.29) is 0 Å². The highest BCUT2D eigenvalue weighted by Crippen LogP contribution is 2.28. The van der Waals surface area contributed by atoms with Crippen molar-refractivity contribution in [2.75, 3.05) is 0 Å². The summed E-state index contributed by atoms with van der Waals surface area (Å²) in [5.74, 6) is -0.897. The highest BCUT2D eigenvalue weighted by atomic mass is 32.1. The van der Waals surface area contributed by atoms with E-state index in [0.717, 1.165) is 21.5 Å². The van der Waals surface area contributed by atoms with Gasteiger partial charge in [-0.2, -0.15) is 0 Å². The summed E-state index contributed by atoms with van der Waals surface area (Å²) < 4.78 is 0. The Bertz CT molecular complexity index is 683. The minimum Gasteiger partial charge on any atom is -0.478 e. The van der Waals surface area contributed by atoms with Crippen molar-refractivity contribution in [2.24, 2.45) is 0 Å². The maximum atomic E-state index is 10.9. The summed E-state index contributed by atoms with van der Waals surface area (Å²) in [6.07, 6.45) is 0. The molecular formula is C13H9NO2S. The van der Waals surface area contributed by atoms with Crippen LogP contribution in [0.5, 0.6) is 0 Å². The minimum atomic E-state index is -0.897. The van der Waals surface area contributed by atoms with Gasteiger partial charge in [0.2, 0.25) is 0 Å². The van der Waals surface area contributed by atoms with Gasteiger partial charge in [-0.3, -0.25) is 0 Å². The summed E-state index contributed by atoms with van der Waals surface area (Å²) >= 11 is 1.65. The molecule has 84 valence electrons. The summed E-state index contributed by atoms with van der Waals surface area (Å²) in [5.41, 5.74) is 2.30. The maximum absolute atomic E-state index is 10.9. The van der Waals surface area contributed by atoms with Gasteiger partial charge in [-0.05, 0) is 35.7 Å². The fraction of sp³-hybridized carbons (Fsp3) is 0. The number of H-pyrrole nitrogens is 1. The van der Waals surface area contributed by atoms with Crippen LogP contribution < -0.4 is 0 Å². The number of hydrogen-bond donors (Lipinski definition) is 2. The average Bonchev–Trinajstić information content (AvgIpc) is 2.96. The Morgan fingerprint density at radius 2 is 2.12 bits per heavy atom. The van der Waals surface area contributed by atoms with Crippen molar-refractivity contribution in [1.82, 2.24) is 4.98 Å². The first-order chi connectivity index (χ1) is 8.24. The van der Waals surface area contributed by atoms with Crippen molar-refractivity contribution in [3.8, 4) is 10.6 Å². The van der Waals surface area contributed by atoms with Crippen LogP contribution >= 0.6 is 11.3 Å². The van der Waals surface area contributed by atoms with Gasteiger partial charge in [-0.25, -0.2) is 4.79 Å². The number of hydrogen-bond acceptors (Lipinski definition) is 2. The lowest BCUT2D eigenvalue weighted by Crippen LogP contribution is -1.94. The zero-order valence-electron chi connectivity index (χ0n) is 8.81. The van der Waals surface area contributed by atoms with Gasteiger partial charge in [0.1, 0.15) is 0 Å². The van der Waals surface area contributed by atoms with Crippen LogP contribution in [0.3, 0.4) is 0 Å². The molecule has 4 heteroatoms. The number of rotatable bonds is 2. The molecule has 0 bridgehead atoms. The molecule has 1 aromatic carbocycles. The van der Waals surface area contributed by atoms with Crippen LogP contribution in [-0.2, 0) is 0 Å². The number of thiophene rings is 1. The predicted molar refractivity (Wildman–Crippen MR) is 68.6 cm³/mol. The molecule has 2 heterocycles. The molecule has 0 aliphatic rings. The highest BCUT2D eigenvalue weighted by molar-refractivity contribution is 7.13. The number of nitrogens with one attached hydrogen (secondary N) is 1. The first-order valence-electron chi connectivity index (χ1n) is 5.14. The Labute approximate surface area is 101 Å². The highest BCUT2D eigenvalue weighted by Gasteiger charge is 2.07. The van der Waals surface area contributed by atoms with E-state index in [9.17, 15) is 4.79 Å². The molecule has 0 aliphatic carbocycles. The van der Waals surface area contributed by atoms with Gasteiger partial charge < -0.3 is 10.1 Å². The SMILES string of the molecule is O=C(O)c1ccc2[nH]c(-c3cccs3)cc2c1. The van der Waals surface area contributed by atoms with E-state index in [1.807, 2.05) is 23.6 Å². The maximum Gasteiger partial charge on any atom is 0.335 e. The van der Waals surface area contributed by atoms with E-state index in [1.165, 1.54) is 0 Å². The second-order valence-electron chi connectivity index (χ2n) is 3.77. The third kappa shape index (κ3) is 1.72. The zero-order chi connectivity index (χ0) is 11.8. The van der Waals surface area contributed by atoms with Crippen molar-refractivity contribution >= 4 is 28.2 Å². The van der Waals surface area contributed by atoms with Crippen LogP contribution in [0.1, 0.15) is 10.4 Å². The van der Waals surface area contributed by atoms with Crippen molar-refractivity contribution < 1.29 is 9.90 Å². The number of benzene rings is 1. The van der Waals surface area contributed by atoms with Crippen LogP contribution in [0.4, 0.5) is 0 Å². The Hall–Kier alpha value is -2.07. The number of carboxylic acid groups (broad SMARTS) is 1. The topological polar surface area (TPSA) is 53.1 Å². The molecule has 0 radical (unpaired) electrons. The monoisotopic (exact) mass is 243 g/mol. The van der Waals surface area contributed by atoms with Gasteiger partial charge in [0.25, 0.3) is 0 Å². The summed E-state index contributed by atoms with van der Waals surface area (Å²) in [7, 11) is 0.